The van der Waals surface area contributed by atoms with E-state index in [0.29, 0.717) is 5.75 Å². The van der Waals surface area contributed by atoms with Crippen molar-refractivity contribution in [3.63, 3.8) is 0 Å². The molecule has 1 aliphatic carbocycles. The summed E-state index contributed by atoms with van der Waals surface area (Å²) in [4.78, 5) is 0. The van der Waals surface area contributed by atoms with Crippen molar-refractivity contribution in [2.24, 2.45) is 0 Å². The molecule has 0 amide bonds. The first-order valence-electron chi connectivity index (χ1n) is 8.69. The van der Waals surface area contributed by atoms with Gasteiger partial charge < -0.3 is 4.74 Å². The minimum Gasteiger partial charge on any atom is -0.496 e. The zero-order valence-corrected chi connectivity index (χ0v) is 15.4. The topological polar surface area (TPSA) is 9.23 Å². The lowest BCUT2D eigenvalue weighted by atomic mass is 9.82. The van der Waals surface area contributed by atoms with Crippen molar-refractivity contribution in [2.45, 2.75) is 51.9 Å². The van der Waals surface area contributed by atoms with Crippen LogP contribution in [0.4, 0.5) is 17.6 Å². The summed E-state index contributed by atoms with van der Waals surface area (Å²) in [6.07, 6.45) is 0.424. The van der Waals surface area contributed by atoms with E-state index in [-0.39, 0.29) is 31.1 Å². The predicted molar refractivity (Wildman–Crippen MR) is 92.8 cm³/mol. The van der Waals surface area contributed by atoms with Gasteiger partial charge in [-0.15, -0.1) is 0 Å². The number of hydrogen-bond acceptors (Lipinski definition) is 1. The normalized spacial score (nSPS) is 14.3. The summed E-state index contributed by atoms with van der Waals surface area (Å²) in [5.41, 5.74) is 1.79. The third-order valence-electron chi connectivity index (χ3n) is 5.05. The van der Waals surface area contributed by atoms with E-state index in [1.54, 1.807) is 7.11 Å². The zero-order valence-electron chi connectivity index (χ0n) is 15.4. The molecule has 4 bridgehead atoms. The number of fused-ring (bicyclic) bond motifs is 4. The second-order valence-corrected chi connectivity index (χ2v) is 7.79. The Labute approximate surface area is 151 Å². The fourth-order valence-corrected chi connectivity index (χ4v) is 3.52. The van der Waals surface area contributed by atoms with E-state index in [9.17, 15) is 17.6 Å². The van der Waals surface area contributed by atoms with Crippen molar-refractivity contribution in [3.05, 3.63) is 63.2 Å². The number of methoxy groups -OCH3 is 1. The smallest absolute Gasteiger partial charge is 0.195 e. The van der Waals surface area contributed by atoms with Gasteiger partial charge in [0.15, 0.2) is 17.5 Å². The van der Waals surface area contributed by atoms with Crippen molar-refractivity contribution >= 4 is 0 Å². The molecule has 1 aliphatic rings. The Balaban J connectivity index is 2.20. The van der Waals surface area contributed by atoms with Crippen LogP contribution in [0.25, 0.3) is 0 Å². The van der Waals surface area contributed by atoms with Crippen molar-refractivity contribution < 1.29 is 22.3 Å². The summed E-state index contributed by atoms with van der Waals surface area (Å²) in [5, 5.41) is 0. The van der Waals surface area contributed by atoms with Crippen LogP contribution < -0.4 is 4.74 Å². The van der Waals surface area contributed by atoms with Gasteiger partial charge in [-0.05, 0) is 47.8 Å². The van der Waals surface area contributed by atoms with Gasteiger partial charge in [-0.3, -0.25) is 0 Å². The fraction of sp³-hybridized carbons (Fsp3) is 0.429. The molecule has 0 radical (unpaired) electrons. The van der Waals surface area contributed by atoms with Crippen molar-refractivity contribution in [1.82, 2.24) is 0 Å². The molecular weight excluding hydrogens is 344 g/mol. The molecule has 0 fully saturated rings. The van der Waals surface area contributed by atoms with Crippen LogP contribution in [0.5, 0.6) is 5.75 Å². The van der Waals surface area contributed by atoms with Gasteiger partial charge in [-0.2, -0.15) is 0 Å². The summed E-state index contributed by atoms with van der Waals surface area (Å²) in [6.45, 7) is 6.22. The molecular formula is C21H22F4O. The molecule has 2 aromatic rings. The van der Waals surface area contributed by atoms with E-state index in [0.717, 1.165) is 16.7 Å². The number of benzene rings is 2. The lowest BCUT2D eigenvalue weighted by Crippen LogP contribution is -2.16. The van der Waals surface area contributed by atoms with Crippen LogP contribution >= 0.6 is 0 Å². The molecule has 0 saturated heterocycles. The first-order valence-corrected chi connectivity index (χ1v) is 8.69. The molecule has 26 heavy (non-hydrogen) atoms. The highest BCUT2D eigenvalue weighted by Crippen LogP contribution is 2.36. The molecule has 0 saturated carbocycles. The minimum absolute atomic E-state index is 0.0642. The molecule has 0 N–H and O–H groups in total. The van der Waals surface area contributed by atoms with Gasteiger partial charge in [0, 0.05) is 11.1 Å². The van der Waals surface area contributed by atoms with Gasteiger partial charge in [0.05, 0.1) is 7.11 Å². The third-order valence-corrected chi connectivity index (χ3v) is 5.05. The molecule has 0 atom stereocenters. The molecule has 3 rings (SSSR count). The van der Waals surface area contributed by atoms with Crippen LogP contribution in [0.2, 0.25) is 0 Å². The Morgan fingerprint density at radius 3 is 1.58 bits per heavy atom. The van der Waals surface area contributed by atoms with Crippen LogP contribution in [-0.4, -0.2) is 7.11 Å². The van der Waals surface area contributed by atoms with Gasteiger partial charge in [-0.25, -0.2) is 17.6 Å². The van der Waals surface area contributed by atoms with Gasteiger partial charge in [0.25, 0.3) is 0 Å². The first-order chi connectivity index (χ1) is 12.1. The number of hydrogen-bond donors (Lipinski definition) is 0. The number of ether oxygens (including phenoxy) is 1. The van der Waals surface area contributed by atoms with E-state index in [1.165, 1.54) is 0 Å². The maximum absolute atomic E-state index is 14.6. The first kappa shape index (κ1) is 18.7. The fourth-order valence-electron chi connectivity index (χ4n) is 3.52. The minimum atomic E-state index is -1.59. The lowest BCUT2D eigenvalue weighted by molar-refractivity contribution is 0.397. The van der Waals surface area contributed by atoms with E-state index in [1.807, 2.05) is 12.1 Å². The van der Waals surface area contributed by atoms with Gasteiger partial charge in [-0.1, -0.05) is 32.9 Å². The monoisotopic (exact) mass is 366 g/mol. The highest BCUT2D eigenvalue weighted by atomic mass is 19.2. The predicted octanol–water partition coefficient (Wildman–Crippen LogP) is 5.43. The molecule has 0 heterocycles. The molecule has 140 valence electrons. The van der Waals surface area contributed by atoms with Crippen molar-refractivity contribution in [2.75, 3.05) is 7.11 Å². The summed E-state index contributed by atoms with van der Waals surface area (Å²) < 4.78 is 62.3. The highest BCUT2D eigenvalue weighted by Gasteiger charge is 2.27. The standard InChI is InChI=1S/C21H22F4O/c1-21(2,3)13-9-11-5-7-14-16(22)15(18(24)19(25)17(14)23)8-6-12(10-13)20(11)26-4/h9-10H,5-8H2,1-4H3. The second-order valence-electron chi connectivity index (χ2n) is 7.79. The average molecular weight is 366 g/mol. The van der Waals surface area contributed by atoms with Crippen LogP contribution in [0.3, 0.4) is 0 Å². The van der Waals surface area contributed by atoms with Crippen LogP contribution in [-0.2, 0) is 31.1 Å². The van der Waals surface area contributed by atoms with E-state index in [4.69, 9.17) is 4.74 Å². The van der Waals surface area contributed by atoms with Crippen LogP contribution in [0.15, 0.2) is 12.1 Å². The van der Waals surface area contributed by atoms with Gasteiger partial charge >= 0.3 is 0 Å². The molecule has 0 spiro atoms. The molecule has 0 aliphatic heterocycles. The Bertz CT molecular complexity index is 809. The Hall–Kier alpha value is -2.04. The van der Waals surface area contributed by atoms with Crippen LogP contribution in [0, 0.1) is 23.3 Å². The number of aryl methyl sites for hydroxylation is 2. The third kappa shape index (κ3) is 3.08. The maximum Gasteiger partial charge on any atom is 0.195 e. The van der Waals surface area contributed by atoms with Crippen LogP contribution in [0.1, 0.15) is 48.6 Å². The average Bonchev–Trinajstić information content (AvgIpc) is 2.57. The van der Waals surface area contributed by atoms with Crippen molar-refractivity contribution in [3.8, 4) is 5.75 Å². The summed E-state index contributed by atoms with van der Waals surface area (Å²) in [7, 11) is 1.55. The van der Waals surface area contributed by atoms with E-state index >= 15 is 0 Å². The SMILES string of the molecule is COc1c2cc(C(C)(C)C)cc1CCc1c(F)c(F)c(F)c(c1F)CC2. The number of rotatable bonds is 1. The number of halogens is 4. The Kier molecular flexibility index (Phi) is 4.76. The van der Waals surface area contributed by atoms with Gasteiger partial charge in [0.2, 0.25) is 0 Å². The van der Waals surface area contributed by atoms with E-state index < -0.39 is 34.4 Å². The lowest BCUT2D eigenvalue weighted by Gasteiger charge is -2.25. The second kappa shape index (κ2) is 6.60. The zero-order chi connectivity index (χ0) is 19.2. The van der Waals surface area contributed by atoms with E-state index in [2.05, 4.69) is 20.8 Å². The largest absolute Gasteiger partial charge is 0.496 e. The molecule has 2 aromatic carbocycles. The Morgan fingerprint density at radius 2 is 1.19 bits per heavy atom. The Morgan fingerprint density at radius 1 is 0.731 bits per heavy atom. The summed E-state index contributed by atoms with van der Waals surface area (Å²) in [5.74, 6) is -4.78. The van der Waals surface area contributed by atoms with Crippen molar-refractivity contribution in [1.29, 1.82) is 0 Å². The summed E-state index contributed by atoms with van der Waals surface area (Å²) >= 11 is 0. The molecule has 1 nitrogen and oxygen atoms in total. The molecule has 0 aromatic heterocycles. The highest BCUT2D eigenvalue weighted by molar-refractivity contribution is 5.48. The maximum atomic E-state index is 14.6. The summed E-state index contributed by atoms with van der Waals surface area (Å²) in [6, 6.07) is 3.95. The van der Waals surface area contributed by atoms with Gasteiger partial charge in [0.1, 0.15) is 11.6 Å². The molecule has 0 unspecified atom stereocenters. The molecule has 5 heteroatoms. The quantitative estimate of drug-likeness (QED) is 0.371.